The Morgan fingerprint density at radius 3 is 3.07 bits per heavy atom. The number of hydrogen-bond donors (Lipinski definition) is 2. The second-order valence-electron chi connectivity index (χ2n) is 3.54. The van der Waals surface area contributed by atoms with Gasteiger partial charge in [-0.1, -0.05) is 6.08 Å². The molecule has 2 saturated heterocycles. The number of rotatable bonds is 3. The van der Waals surface area contributed by atoms with Crippen LogP contribution in [0.3, 0.4) is 0 Å². The molecule has 0 aromatic heterocycles. The second kappa shape index (κ2) is 3.60. The van der Waals surface area contributed by atoms with Crippen molar-refractivity contribution in [1.82, 2.24) is 0 Å². The summed E-state index contributed by atoms with van der Waals surface area (Å²) >= 11 is 0. The van der Waals surface area contributed by atoms with Crippen LogP contribution in [0.4, 0.5) is 0 Å². The fourth-order valence-corrected chi connectivity index (χ4v) is 1.80. The van der Waals surface area contributed by atoms with E-state index in [-0.39, 0.29) is 19.8 Å². The van der Waals surface area contributed by atoms with Gasteiger partial charge in [-0.2, -0.15) is 0 Å². The van der Waals surface area contributed by atoms with E-state index in [0.717, 1.165) is 0 Å². The predicted molar refractivity (Wildman–Crippen MR) is 46.6 cm³/mol. The van der Waals surface area contributed by atoms with Gasteiger partial charge in [-0.05, 0) is 0 Å². The summed E-state index contributed by atoms with van der Waals surface area (Å²) < 4.78 is 15.6. The summed E-state index contributed by atoms with van der Waals surface area (Å²) in [6.07, 6.45) is -0.222. The predicted octanol–water partition coefficient (Wildman–Crippen LogP) is -0.964. The summed E-state index contributed by atoms with van der Waals surface area (Å²) in [6.45, 7) is 3.91. The van der Waals surface area contributed by atoms with Crippen LogP contribution >= 0.6 is 0 Å². The van der Waals surface area contributed by atoms with Gasteiger partial charge in [-0.3, -0.25) is 0 Å². The molecule has 2 aliphatic rings. The van der Waals surface area contributed by atoms with Gasteiger partial charge in [0.1, 0.15) is 24.9 Å². The van der Waals surface area contributed by atoms with Gasteiger partial charge in [0.2, 0.25) is 5.79 Å². The van der Waals surface area contributed by atoms with Crippen LogP contribution in [0.25, 0.3) is 0 Å². The lowest BCUT2D eigenvalue weighted by Crippen LogP contribution is -2.46. The first-order valence-corrected chi connectivity index (χ1v) is 4.56. The Morgan fingerprint density at radius 1 is 1.57 bits per heavy atom. The molecule has 0 saturated carbocycles. The van der Waals surface area contributed by atoms with Gasteiger partial charge in [0, 0.05) is 0 Å². The molecule has 0 amide bonds. The Bertz CT molecular complexity index is 231. The highest BCUT2D eigenvalue weighted by Gasteiger charge is 2.56. The standard InChI is InChI=1S/C9H14O5/c1-2-3-14-9(11)5-13-7-6(10)4-12-8(7)9/h2,6-8,10-11H,1,3-5H2/t6-,7-,8+,9+/m1/s1. The van der Waals surface area contributed by atoms with Crippen molar-refractivity contribution in [2.75, 3.05) is 19.8 Å². The van der Waals surface area contributed by atoms with E-state index >= 15 is 0 Å². The molecule has 0 aromatic carbocycles. The van der Waals surface area contributed by atoms with Crippen molar-refractivity contribution in [3.63, 3.8) is 0 Å². The zero-order valence-electron chi connectivity index (χ0n) is 7.76. The van der Waals surface area contributed by atoms with Crippen LogP contribution in [0.1, 0.15) is 0 Å². The smallest absolute Gasteiger partial charge is 0.219 e. The van der Waals surface area contributed by atoms with Gasteiger partial charge in [0.25, 0.3) is 0 Å². The molecule has 0 radical (unpaired) electrons. The number of hydrogen-bond acceptors (Lipinski definition) is 5. The summed E-state index contributed by atoms with van der Waals surface area (Å²) in [6, 6.07) is 0. The Morgan fingerprint density at radius 2 is 2.36 bits per heavy atom. The van der Waals surface area contributed by atoms with E-state index in [9.17, 15) is 10.2 Å². The van der Waals surface area contributed by atoms with Gasteiger partial charge < -0.3 is 24.4 Å². The van der Waals surface area contributed by atoms with Crippen molar-refractivity contribution in [3.8, 4) is 0 Å². The highest BCUT2D eigenvalue weighted by Crippen LogP contribution is 2.34. The number of fused-ring (bicyclic) bond motifs is 1. The second-order valence-corrected chi connectivity index (χ2v) is 3.54. The van der Waals surface area contributed by atoms with Crippen molar-refractivity contribution >= 4 is 0 Å². The monoisotopic (exact) mass is 202 g/mol. The topological polar surface area (TPSA) is 68.2 Å². The maximum Gasteiger partial charge on any atom is 0.219 e. The summed E-state index contributed by atoms with van der Waals surface area (Å²) in [5.74, 6) is -1.45. The minimum Gasteiger partial charge on any atom is -0.388 e. The Balaban J connectivity index is 2.04. The molecule has 0 spiro atoms. The number of aliphatic hydroxyl groups is 2. The fourth-order valence-electron chi connectivity index (χ4n) is 1.80. The zero-order valence-corrected chi connectivity index (χ0v) is 7.76. The van der Waals surface area contributed by atoms with Crippen LogP contribution in [0.15, 0.2) is 12.7 Å². The molecule has 0 aliphatic carbocycles. The van der Waals surface area contributed by atoms with Gasteiger partial charge in [0.15, 0.2) is 0 Å². The Hall–Kier alpha value is -0.460. The van der Waals surface area contributed by atoms with Gasteiger partial charge in [-0.25, -0.2) is 0 Å². The highest BCUT2D eigenvalue weighted by atomic mass is 16.7. The average molecular weight is 202 g/mol. The molecule has 5 heteroatoms. The third kappa shape index (κ3) is 1.47. The van der Waals surface area contributed by atoms with E-state index < -0.39 is 24.1 Å². The molecular formula is C9H14O5. The van der Waals surface area contributed by atoms with E-state index in [2.05, 4.69) is 6.58 Å². The number of ether oxygens (including phenoxy) is 3. The molecule has 2 rings (SSSR count). The largest absolute Gasteiger partial charge is 0.388 e. The maximum absolute atomic E-state index is 9.98. The first kappa shape index (κ1) is 10.1. The van der Waals surface area contributed by atoms with Crippen molar-refractivity contribution in [1.29, 1.82) is 0 Å². The minimum atomic E-state index is -1.45. The van der Waals surface area contributed by atoms with E-state index in [0.29, 0.717) is 0 Å². The summed E-state index contributed by atoms with van der Waals surface area (Å²) in [7, 11) is 0. The molecule has 0 bridgehead atoms. The first-order valence-electron chi connectivity index (χ1n) is 4.56. The third-order valence-electron chi connectivity index (χ3n) is 2.50. The molecule has 4 atom stereocenters. The zero-order chi connectivity index (χ0) is 10.2. The lowest BCUT2D eigenvalue weighted by Gasteiger charge is -2.25. The van der Waals surface area contributed by atoms with Crippen molar-refractivity contribution in [2.24, 2.45) is 0 Å². The van der Waals surface area contributed by atoms with Gasteiger partial charge >= 0.3 is 0 Å². The average Bonchev–Trinajstić information content (AvgIpc) is 2.68. The molecule has 2 heterocycles. The lowest BCUT2D eigenvalue weighted by molar-refractivity contribution is -0.238. The molecule has 5 nitrogen and oxygen atoms in total. The highest BCUT2D eigenvalue weighted by molar-refractivity contribution is 4.99. The molecule has 14 heavy (non-hydrogen) atoms. The van der Waals surface area contributed by atoms with E-state index in [1.54, 1.807) is 0 Å². The van der Waals surface area contributed by atoms with Crippen LogP contribution in [-0.2, 0) is 14.2 Å². The molecule has 2 aliphatic heterocycles. The summed E-state index contributed by atoms with van der Waals surface area (Å²) in [5.41, 5.74) is 0. The van der Waals surface area contributed by atoms with Crippen LogP contribution in [0, 0.1) is 0 Å². The molecule has 2 N–H and O–H groups in total. The first-order chi connectivity index (χ1) is 6.67. The van der Waals surface area contributed by atoms with Crippen LogP contribution in [0.2, 0.25) is 0 Å². The fraction of sp³-hybridized carbons (Fsp3) is 0.778. The van der Waals surface area contributed by atoms with Gasteiger partial charge in [0.05, 0.1) is 13.2 Å². The summed E-state index contributed by atoms with van der Waals surface area (Å²) in [4.78, 5) is 0. The molecule has 2 fully saturated rings. The SMILES string of the molecule is C=CCO[C@@]1(O)CO[C@@H]2[C@H](O)CO[C@@H]21. The van der Waals surface area contributed by atoms with Crippen molar-refractivity contribution in [3.05, 3.63) is 12.7 Å². The van der Waals surface area contributed by atoms with E-state index in [1.807, 2.05) is 0 Å². The Labute approximate surface area is 81.9 Å². The van der Waals surface area contributed by atoms with Crippen LogP contribution in [0.5, 0.6) is 0 Å². The molecule has 80 valence electrons. The minimum absolute atomic E-state index is 0.0211. The molecule has 0 aromatic rings. The van der Waals surface area contributed by atoms with Crippen LogP contribution in [-0.4, -0.2) is 54.1 Å². The van der Waals surface area contributed by atoms with Crippen molar-refractivity contribution in [2.45, 2.75) is 24.1 Å². The molecule has 0 unspecified atom stereocenters. The maximum atomic E-state index is 9.98. The lowest BCUT2D eigenvalue weighted by atomic mass is 10.1. The van der Waals surface area contributed by atoms with Crippen molar-refractivity contribution < 1.29 is 24.4 Å². The number of aliphatic hydroxyl groups excluding tert-OH is 1. The van der Waals surface area contributed by atoms with E-state index in [4.69, 9.17) is 14.2 Å². The van der Waals surface area contributed by atoms with Crippen LogP contribution < -0.4 is 0 Å². The Kier molecular flexibility index (Phi) is 2.59. The van der Waals surface area contributed by atoms with Gasteiger partial charge in [-0.15, -0.1) is 6.58 Å². The third-order valence-corrected chi connectivity index (χ3v) is 2.50. The molecular weight excluding hydrogens is 188 g/mol. The normalized spacial score (nSPS) is 46.6. The van der Waals surface area contributed by atoms with E-state index in [1.165, 1.54) is 6.08 Å². The summed E-state index contributed by atoms with van der Waals surface area (Å²) in [5, 5.41) is 19.4. The quantitative estimate of drug-likeness (QED) is 0.455.